The Labute approximate surface area is 184 Å². The number of carbonyl (C=O) groups is 4. The van der Waals surface area contributed by atoms with Crippen LogP contribution in [0.4, 0.5) is 4.39 Å². The Kier molecular flexibility index (Phi) is 5.60. The van der Waals surface area contributed by atoms with Gasteiger partial charge in [-0.2, -0.15) is 0 Å². The van der Waals surface area contributed by atoms with E-state index in [2.05, 4.69) is 0 Å². The van der Waals surface area contributed by atoms with Crippen LogP contribution in [0.3, 0.4) is 0 Å². The number of nitrogens with zero attached hydrogens (tertiary/aromatic N) is 3. The first-order valence-corrected chi connectivity index (χ1v) is 10.6. The molecule has 31 heavy (non-hydrogen) atoms. The number of piperidine rings is 1. The van der Waals surface area contributed by atoms with Crippen LogP contribution in [0, 0.1) is 17.7 Å². The van der Waals surface area contributed by atoms with Crippen molar-refractivity contribution in [1.82, 2.24) is 14.7 Å². The molecule has 0 saturated carbocycles. The predicted octanol–water partition coefficient (Wildman–Crippen LogP) is 1.99. The summed E-state index contributed by atoms with van der Waals surface area (Å²) in [6.07, 6.45) is 0.967. The van der Waals surface area contributed by atoms with Crippen LogP contribution >= 0.6 is 11.6 Å². The number of carbonyl (C=O) groups excluding carboxylic acids is 4. The zero-order valence-electron chi connectivity index (χ0n) is 17.4. The smallest absolute Gasteiger partial charge is 0.295 e. The molecule has 1 aromatic carbocycles. The summed E-state index contributed by atoms with van der Waals surface area (Å²) in [6, 6.07) is 4.17. The van der Waals surface area contributed by atoms with Gasteiger partial charge in [0.2, 0.25) is 11.7 Å². The highest BCUT2D eigenvalue weighted by atomic mass is 35.5. The van der Waals surface area contributed by atoms with E-state index in [1.165, 1.54) is 28.0 Å². The Bertz CT molecular complexity index is 1020. The van der Waals surface area contributed by atoms with Gasteiger partial charge in [0.25, 0.3) is 11.8 Å². The van der Waals surface area contributed by atoms with E-state index >= 15 is 0 Å². The minimum Gasteiger partial charge on any atom is -0.340 e. The minimum absolute atomic E-state index is 0.0540. The molecule has 3 amide bonds. The highest BCUT2D eigenvalue weighted by Crippen LogP contribution is 2.36. The Hall–Kier alpha value is -2.74. The van der Waals surface area contributed by atoms with Crippen molar-refractivity contribution in [2.24, 2.45) is 11.8 Å². The maximum absolute atomic E-state index is 13.4. The lowest BCUT2D eigenvalue weighted by Crippen LogP contribution is -2.57. The second-order valence-corrected chi connectivity index (χ2v) is 8.87. The maximum atomic E-state index is 13.4. The number of ketones is 1. The van der Waals surface area contributed by atoms with Gasteiger partial charge in [0.05, 0.1) is 5.02 Å². The van der Waals surface area contributed by atoms with Gasteiger partial charge in [-0.25, -0.2) is 4.39 Å². The van der Waals surface area contributed by atoms with E-state index in [1.54, 1.807) is 11.9 Å². The number of rotatable bonds is 2. The minimum atomic E-state index is -1.28. The van der Waals surface area contributed by atoms with Gasteiger partial charge in [-0.3, -0.25) is 19.2 Å². The Balaban J connectivity index is 1.68. The molecule has 0 bridgehead atoms. The van der Waals surface area contributed by atoms with E-state index in [9.17, 15) is 23.6 Å². The van der Waals surface area contributed by atoms with Gasteiger partial charge in [0.1, 0.15) is 17.4 Å². The van der Waals surface area contributed by atoms with E-state index in [4.69, 9.17) is 11.6 Å². The summed E-state index contributed by atoms with van der Waals surface area (Å²) in [5.41, 5.74) is 1.22. The molecule has 1 aromatic rings. The van der Waals surface area contributed by atoms with E-state index in [1.807, 2.05) is 6.92 Å². The molecular weight excluding hydrogens is 425 g/mol. The summed E-state index contributed by atoms with van der Waals surface area (Å²) in [4.78, 5) is 56.4. The number of likely N-dealkylation sites (tertiary alicyclic amines) is 1. The molecule has 2 unspecified atom stereocenters. The van der Waals surface area contributed by atoms with Crippen molar-refractivity contribution in [3.63, 3.8) is 0 Å². The van der Waals surface area contributed by atoms with Crippen LogP contribution in [0.5, 0.6) is 0 Å². The molecule has 2 saturated heterocycles. The van der Waals surface area contributed by atoms with Gasteiger partial charge < -0.3 is 14.7 Å². The molecule has 164 valence electrons. The van der Waals surface area contributed by atoms with Crippen molar-refractivity contribution in [2.45, 2.75) is 26.3 Å². The molecule has 0 spiro atoms. The highest BCUT2D eigenvalue weighted by molar-refractivity contribution is 6.43. The van der Waals surface area contributed by atoms with Crippen molar-refractivity contribution in [3.05, 3.63) is 45.9 Å². The largest absolute Gasteiger partial charge is 0.340 e. The topological polar surface area (TPSA) is 78.0 Å². The van der Waals surface area contributed by atoms with Gasteiger partial charge in [-0.15, -0.1) is 0 Å². The quantitative estimate of drug-likeness (QED) is 0.513. The molecule has 9 heteroatoms. The normalized spacial score (nSPS) is 24.8. The summed E-state index contributed by atoms with van der Waals surface area (Å²) in [5.74, 6) is -4.10. The second kappa shape index (κ2) is 8.07. The lowest BCUT2D eigenvalue weighted by atomic mass is 9.81. The van der Waals surface area contributed by atoms with E-state index in [-0.39, 0.29) is 42.2 Å². The first-order valence-electron chi connectivity index (χ1n) is 10.3. The molecule has 3 heterocycles. The van der Waals surface area contributed by atoms with Crippen LogP contribution in [0.15, 0.2) is 29.5 Å². The standard InChI is InChI=1S/C22H23ClFN3O4/c1-12-5-8-27-18(21(30)25(2)10-12)14-6-7-26(20(29)17(14)19(28)22(27)31)11-13-3-4-16(24)15(23)9-13/h3-4,9,12,17H,5-8,10-11H2,1-2H3. The molecule has 0 radical (unpaired) electrons. The van der Waals surface area contributed by atoms with Gasteiger partial charge in [-0.1, -0.05) is 24.6 Å². The van der Waals surface area contributed by atoms with Crippen molar-refractivity contribution < 1.29 is 23.6 Å². The molecule has 2 atom stereocenters. The summed E-state index contributed by atoms with van der Waals surface area (Å²) < 4.78 is 13.4. The van der Waals surface area contributed by atoms with Crippen molar-refractivity contribution >= 4 is 35.1 Å². The monoisotopic (exact) mass is 447 g/mol. The average molecular weight is 448 g/mol. The van der Waals surface area contributed by atoms with Crippen molar-refractivity contribution in [3.8, 4) is 0 Å². The van der Waals surface area contributed by atoms with E-state index in [0.717, 1.165) is 0 Å². The fraction of sp³-hybridized carbons (Fsp3) is 0.455. The highest BCUT2D eigenvalue weighted by Gasteiger charge is 2.50. The van der Waals surface area contributed by atoms with Gasteiger partial charge in [0.15, 0.2) is 0 Å². The lowest BCUT2D eigenvalue weighted by Gasteiger charge is -2.42. The third-order valence-electron chi connectivity index (χ3n) is 6.19. The van der Waals surface area contributed by atoms with Crippen LogP contribution < -0.4 is 0 Å². The Morgan fingerprint density at radius 2 is 1.87 bits per heavy atom. The molecule has 2 fully saturated rings. The number of halogens is 2. The number of fused-ring (bicyclic) bond motifs is 2. The van der Waals surface area contributed by atoms with Gasteiger partial charge in [0, 0.05) is 33.2 Å². The molecular formula is C22H23ClFN3O4. The van der Waals surface area contributed by atoms with Gasteiger partial charge >= 0.3 is 0 Å². The van der Waals surface area contributed by atoms with Crippen LogP contribution in [0.1, 0.15) is 25.3 Å². The summed E-state index contributed by atoms with van der Waals surface area (Å²) >= 11 is 5.83. The number of amides is 3. The van der Waals surface area contributed by atoms with Crippen LogP contribution in [-0.4, -0.2) is 64.9 Å². The van der Waals surface area contributed by atoms with Crippen molar-refractivity contribution in [2.75, 3.05) is 26.7 Å². The van der Waals surface area contributed by atoms with Crippen LogP contribution in [0.2, 0.25) is 5.02 Å². The third kappa shape index (κ3) is 3.73. The van der Waals surface area contributed by atoms with Crippen LogP contribution in [-0.2, 0) is 25.7 Å². The van der Waals surface area contributed by atoms with Crippen LogP contribution in [0.25, 0.3) is 0 Å². The summed E-state index contributed by atoms with van der Waals surface area (Å²) in [6.45, 7) is 3.23. The average Bonchev–Trinajstić information content (AvgIpc) is 2.72. The SMILES string of the molecule is CC1CCN2C(=O)C(=O)C3C(=O)N(Cc4ccc(F)c(Cl)c4)CCC3=C2C(=O)N(C)C1. The second-order valence-electron chi connectivity index (χ2n) is 8.47. The maximum Gasteiger partial charge on any atom is 0.295 e. The Morgan fingerprint density at radius 3 is 2.58 bits per heavy atom. The Morgan fingerprint density at radius 1 is 1.13 bits per heavy atom. The first kappa shape index (κ1) is 21.5. The zero-order chi connectivity index (χ0) is 22.4. The fourth-order valence-electron chi connectivity index (χ4n) is 4.55. The molecule has 7 nitrogen and oxygen atoms in total. The van der Waals surface area contributed by atoms with E-state index in [0.29, 0.717) is 30.5 Å². The number of benzene rings is 1. The molecule has 0 N–H and O–H groups in total. The molecule has 0 aliphatic carbocycles. The number of hydrogen-bond acceptors (Lipinski definition) is 4. The molecule has 3 aliphatic rings. The lowest BCUT2D eigenvalue weighted by molar-refractivity contribution is -0.154. The number of likely N-dealkylation sites (N-methyl/N-ethyl adjacent to an activating group) is 1. The van der Waals surface area contributed by atoms with Crippen molar-refractivity contribution in [1.29, 1.82) is 0 Å². The molecule has 3 aliphatic heterocycles. The third-order valence-corrected chi connectivity index (χ3v) is 6.48. The molecule has 4 rings (SSSR count). The van der Waals surface area contributed by atoms with Gasteiger partial charge in [-0.05, 0) is 42.0 Å². The molecule has 0 aromatic heterocycles. The zero-order valence-corrected chi connectivity index (χ0v) is 18.1. The predicted molar refractivity (Wildman–Crippen MR) is 110 cm³/mol. The number of hydrogen-bond donors (Lipinski definition) is 0. The summed E-state index contributed by atoms with van der Waals surface area (Å²) in [7, 11) is 1.67. The fourth-order valence-corrected chi connectivity index (χ4v) is 4.76. The first-order chi connectivity index (χ1) is 14.7. The number of Topliss-reactive ketones (excluding diaryl/α,β-unsaturated/α-hetero) is 1. The summed E-state index contributed by atoms with van der Waals surface area (Å²) in [5, 5.41) is -0.0540. The van der Waals surface area contributed by atoms with E-state index < -0.39 is 29.3 Å².